The fraction of sp³-hybridized carbons (Fsp3) is 0.233. The number of hydrogen-bond acceptors (Lipinski definition) is 9. The number of thioether (sulfide) groups is 1. The average Bonchev–Trinajstić information content (AvgIpc) is 3.62. The lowest BCUT2D eigenvalue weighted by Gasteiger charge is -2.16. The minimum atomic E-state index is -0.825. The zero-order chi connectivity index (χ0) is 30.1. The van der Waals surface area contributed by atoms with Gasteiger partial charge in [0.15, 0.2) is 0 Å². The van der Waals surface area contributed by atoms with Crippen molar-refractivity contribution in [2.45, 2.75) is 25.6 Å². The maximum Gasteiger partial charge on any atom is 0.328 e. The SMILES string of the molecule is COC(=O)[C@H](CCSC)NC(=O)c1sc(NCc2cncn2Cc2ccc(C#N)cc2)c(C#N)c1-c1ccc(Cl)cc1. The smallest absolute Gasteiger partial charge is 0.328 e. The highest BCUT2D eigenvalue weighted by Crippen LogP contribution is 2.40. The molecule has 12 heteroatoms. The van der Waals surface area contributed by atoms with Crippen molar-refractivity contribution in [3.63, 3.8) is 0 Å². The summed E-state index contributed by atoms with van der Waals surface area (Å²) < 4.78 is 6.87. The van der Waals surface area contributed by atoms with Crippen molar-refractivity contribution in [3.05, 3.63) is 93.3 Å². The van der Waals surface area contributed by atoms with E-state index in [0.29, 0.717) is 62.4 Å². The standard InChI is InChI=1S/C30H27ClN6O3S2/c1-40-30(39)25(11-12-41-2)36-28(38)27-26(21-7-9-22(31)10-8-21)24(14-33)29(42-27)35-16-23-15-34-18-37(23)17-20-5-3-19(13-32)4-6-20/h3-10,15,18,25,35H,11-12,16-17H2,1-2H3,(H,36,38)/t25-/m0/s1. The molecular formula is C30H27ClN6O3S2. The molecule has 1 amide bonds. The van der Waals surface area contributed by atoms with Gasteiger partial charge in [0, 0.05) is 23.3 Å². The molecular weight excluding hydrogens is 592 g/mol. The van der Waals surface area contributed by atoms with Crippen LogP contribution >= 0.6 is 34.7 Å². The van der Waals surface area contributed by atoms with E-state index in [2.05, 4.69) is 27.8 Å². The Morgan fingerprint density at radius 3 is 2.52 bits per heavy atom. The predicted octanol–water partition coefficient (Wildman–Crippen LogP) is 5.69. The maximum atomic E-state index is 13.6. The molecule has 0 saturated carbocycles. The zero-order valence-corrected chi connectivity index (χ0v) is 25.3. The van der Waals surface area contributed by atoms with Gasteiger partial charge in [0.05, 0.1) is 42.9 Å². The van der Waals surface area contributed by atoms with Gasteiger partial charge in [-0.3, -0.25) is 4.79 Å². The first-order valence-corrected chi connectivity index (χ1v) is 15.4. The van der Waals surface area contributed by atoms with Crippen molar-refractivity contribution < 1.29 is 14.3 Å². The Bertz CT molecular complexity index is 1640. The summed E-state index contributed by atoms with van der Waals surface area (Å²) in [5, 5.41) is 26.4. The summed E-state index contributed by atoms with van der Waals surface area (Å²) in [6.07, 6.45) is 5.77. The van der Waals surface area contributed by atoms with Gasteiger partial charge in [0.2, 0.25) is 0 Å². The number of imidazole rings is 1. The highest BCUT2D eigenvalue weighted by Gasteiger charge is 2.28. The molecule has 2 aromatic heterocycles. The number of nitriles is 2. The van der Waals surface area contributed by atoms with Crippen molar-refractivity contribution in [2.75, 3.05) is 24.4 Å². The first-order valence-electron chi connectivity index (χ1n) is 12.8. The number of nitrogens with one attached hydrogen (secondary N) is 2. The van der Waals surface area contributed by atoms with Gasteiger partial charge in [-0.25, -0.2) is 9.78 Å². The highest BCUT2D eigenvalue weighted by atomic mass is 35.5. The molecule has 2 aromatic carbocycles. The second-order valence-electron chi connectivity index (χ2n) is 9.13. The second kappa shape index (κ2) is 14.6. The summed E-state index contributed by atoms with van der Waals surface area (Å²) in [5.74, 6) is -0.353. The largest absolute Gasteiger partial charge is 0.467 e. The minimum absolute atomic E-state index is 0.292. The summed E-state index contributed by atoms with van der Waals surface area (Å²) in [7, 11) is 1.28. The second-order valence-corrected chi connectivity index (χ2v) is 11.6. The average molecular weight is 619 g/mol. The number of carbonyl (C=O) groups excluding carboxylic acids is 2. The van der Waals surface area contributed by atoms with E-state index in [9.17, 15) is 14.9 Å². The molecule has 0 saturated heterocycles. The van der Waals surface area contributed by atoms with E-state index in [1.807, 2.05) is 23.0 Å². The summed E-state index contributed by atoms with van der Waals surface area (Å²) >= 11 is 8.81. The van der Waals surface area contributed by atoms with Gasteiger partial charge in [-0.05, 0) is 53.8 Å². The quantitative estimate of drug-likeness (QED) is 0.193. The van der Waals surface area contributed by atoms with Crippen molar-refractivity contribution in [2.24, 2.45) is 0 Å². The molecule has 9 nitrogen and oxygen atoms in total. The molecule has 0 radical (unpaired) electrons. The summed E-state index contributed by atoms with van der Waals surface area (Å²) in [5.41, 5.74) is 3.87. The number of benzene rings is 2. The number of anilines is 1. The van der Waals surface area contributed by atoms with Crippen LogP contribution in [0.4, 0.5) is 5.00 Å². The zero-order valence-electron chi connectivity index (χ0n) is 22.9. The highest BCUT2D eigenvalue weighted by molar-refractivity contribution is 7.98. The predicted molar refractivity (Wildman–Crippen MR) is 166 cm³/mol. The molecule has 214 valence electrons. The van der Waals surface area contributed by atoms with Crippen LogP contribution in [0.2, 0.25) is 5.02 Å². The molecule has 1 atom stereocenters. The van der Waals surface area contributed by atoms with Crippen LogP contribution in [0.25, 0.3) is 11.1 Å². The summed E-state index contributed by atoms with van der Waals surface area (Å²) in [6, 6.07) is 17.8. The monoisotopic (exact) mass is 618 g/mol. The number of nitrogens with zero attached hydrogens (tertiary/aromatic N) is 4. The fourth-order valence-electron chi connectivity index (χ4n) is 4.25. The third kappa shape index (κ3) is 7.31. The fourth-order valence-corrected chi connectivity index (χ4v) is 5.92. The van der Waals surface area contributed by atoms with Crippen molar-refractivity contribution in [1.29, 1.82) is 10.5 Å². The third-order valence-corrected chi connectivity index (χ3v) is 8.47. The van der Waals surface area contributed by atoms with Gasteiger partial charge in [0.1, 0.15) is 22.0 Å². The van der Waals surface area contributed by atoms with Gasteiger partial charge in [0.25, 0.3) is 5.91 Å². The Morgan fingerprint density at radius 2 is 1.88 bits per heavy atom. The van der Waals surface area contributed by atoms with Gasteiger partial charge >= 0.3 is 5.97 Å². The molecule has 2 heterocycles. The number of carbonyl (C=O) groups is 2. The van der Waals surface area contributed by atoms with Crippen LogP contribution < -0.4 is 10.6 Å². The number of ether oxygens (including phenoxy) is 1. The Balaban J connectivity index is 1.64. The van der Waals surface area contributed by atoms with E-state index in [-0.39, 0.29) is 0 Å². The van der Waals surface area contributed by atoms with Crippen molar-refractivity contribution in [3.8, 4) is 23.3 Å². The van der Waals surface area contributed by atoms with Crippen molar-refractivity contribution >= 4 is 51.6 Å². The Hall–Kier alpha value is -4.29. The molecule has 0 fully saturated rings. The Labute approximate surface area is 257 Å². The maximum absolute atomic E-state index is 13.6. The molecule has 0 unspecified atom stereocenters. The molecule has 4 rings (SSSR count). The summed E-state index contributed by atoms with van der Waals surface area (Å²) in [6.45, 7) is 0.887. The molecule has 0 bridgehead atoms. The van der Waals surface area contributed by atoms with Gasteiger partial charge in [-0.1, -0.05) is 35.9 Å². The van der Waals surface area contributed by atoms with E-state index in [1.54, 1.807) is 60.7 Å². The summed E-state index contributed by atoms with van der Waals surface area (Å²) in [4.78, 5) is 30.6. The Morgan fingerprint density at radius 1 is 1.14 bits per heavy atom. The third-order valence-electron chi connectivity index (χ3n) is 6.43. The van der Waals surface area contributed by atoms with Crippen molar-refractivity contribution in [1.82, 2.24) is 14.9 Å². The topological polar surface area (TPSA) is 133 Å². The number of methoxy groups -OCH3 is 1. The lowest BCUT2D eigenvalue weighted by Crippen LogP contribution is -2.41. The number of amides is 1. The number of aromatic nitrogens is 2. The van der Waals surface area contributed by atoms with E-state index in [4.69, 9.17) is 21.6 Å². The van der Waals surface area contributed by atoms with Gasteiger partial charge < -0.3 is 19.9 Å². The molecule has 42 heavy (non-hydrogen) atoms. The first kappa shape index (κ1) is 30.7. The number of hydrogen-bond donors (Lipinski definition) is 2. The number of halogens is 1. The number of rotatable bonds is 12. The lowest BCUT2D eigenvalue weighted by atomic mass is 10.0. The van der Waals surface area contributed by atoms with Gasteiger partial charge in [-0.2, -0.15) is 22.3 Å². The van der Waals surface area contributed by atoms with Crippen LogP contribution in [-0.2, 0) is 22.6 Å². The first-order chi connectivity index (χ1) is 20.4. The molecule has 0 aliphatic heterocycles. The molecule has 0 spiro atoms. The lowest BCUT2D eigenvalue weighted by molar-refractivity contribution is -0.142. The Kier molecular flexibility index (Phi) is 10.6. The van der Waals surface area contributed by atoms with Crippen LogP contribution in [0, 0.1) is 22.7 Å². The van der Waals surface area contributed by atoms with Gasteiger partial charge in [-0.15, -0.1) is 11.3 Å². The molecule has 0 aliphatic carbocycles. The van der Waals surface area contributed by atoms with E-state index >= 15 is 0 Å². The van der Waals surface area contributed by atoms with Crippen LogP contribution in [0.15, 0.2) is 61.1 Å². The minimum Gasteiger partial charge on any atom is -0.467 e. The van der Waals surface area contributed by atoms with Crippen LogP contribution in [-0.4, -0.2) is 46.6 Å². The molecule has 2 N–H and O–H groups in total. The van der Waals surface area contributed by atoms with E-state index < -0.39 is 17.9 Å². The van der Waals surface area contributed by atoms with E-state index in [1.165, 1.54) is 7.11 Å². The van der Waals surface area contributed by atoms with E-state index in [0.717, 1.165) is 22.6 Å². The van der Waals surface area contributed by atoms with Crippen LogP contribution in [0.1, 0.15) is 38.5 Å². The normalized spacial score (nSPS) is 11.3. The molecule has 0 aliphatic rings. The molecule has 4 aromatic rings. The van der Waals surface area contributed by atoms with Crippen LogP contribution in [0.3, 0.4) is 0 Å². The van der Waals surface area contributed by atoms with Crippen LogP contribution in [0.5, 0.6) is 0 Å². The number of thiophene rings is 1. The number of esters is 1.